The zero-order valence-corrected chi connectivity index (χ0v) is 12.4. The molecule has 1 amide bonds. The Morgan fingerprint density at radius 2 is 1.90 bits per heavy atom. The average molecular weight is 329 g/mol. The SMILES string of the molecule is O=C1CCN=C(c2ccccc2)c2cc(Br)ccc2N1. The van der Waals surface area contributed by atoms with Gasteiger partial charge in [0.1, 0.15) is 0 Å². The van der Waals surface area contributed by atoms with Gasteiger partial charge in [0, 0.05) is 28.6 Å². The van der Waals surface area contributed by atoms with E-state index >= 15 is 0 Å². The maximum absolute atomic E-state index is 11.7. The number of carbonyl (C=O) groups is 1. The van der Waals surface area contributed by atoms with Gasteiger partial charge in [-0.05, 0) is 18.2 Å². The molecule has 1 heterocycles. The van der Waals surface area contributed by atoms with Gasteiger partial charge in [0.2, 0.25) is 5.91 Å². The molecule has 0 saturated carbocycles. The third-order valence-electron chi connectivity index (χ3n) is 3.17. The topological polar surface area (TPSA) is 41.5 Å². The molecule has 0 saturated heterocycles. The molecule has 1 N–H and O–H groups in total. The summed E-state index contributed by atoms with van der Waals surface area (Å²) < 4.78 is 0.967. The van der Waals surface area contributed by atoms with Crippen molar-refractivity contribution >= 4 is 33.2 Å². The van der Waals surface area contributed by atoms with Crippen molar-refractivity contribution in [3.63, 3.8) is 0 Å². The fourth-order valence-corrected chi connectivity index (χ4v) is 2.59. The molecule has 0 bridgehead atoms. The Balaban J connectivity index is 2.17. The third kappa shape index (κ3) is 2.65. The van der Waals surface area contributed by atoms with Crippen molar-refractivity contribution in [1.29, 1.82) is 0 Å². The van der Waals surface area contributed by atoms with Gasteiger partial charge in [0.25, 0.3) is 0 Å². The van der Waals surface area contributed by atoms with Gasteiger partial charge in [0.05, 0.1) is 11.4 Å². The fraction of sp³-hybridized carbons (Fsp3) is 0.125. The van der Waals surface area contributed by atoms with Crippen molar-refractivity contribution in [2.75, 3.05) is 11.9 Å². The lowest BCUT2D eigenvalue weighted by molar-refractivity contribution is -0.116. The summed E-state index contributed by atoms with van der Waals surface area (Å²) in [4.78, 5) is 16.4. The second kappa shape index (κ2) is 5.59. The van der Waals surface area contributed by atoms with Crippen LogP contribution in [0.2, 0.25) is 0 Å². The van der Waals surface area contributed by atoms with Gasteiger partial charge in [-0.2, -0.15) is 0 Å². The molecule has 0 unspecified atom stereocenters. The van der Waals surface area contributed by atoms with Crippen LogP contribution in [0.25, 0.3) is 0 Å². The third-order valence-corrected chi connectivity index (χ3v) is 3.66. The lowest BCUT2D eigenvalue weighted by atomic mass is 9.99. The Kier molecular flexibility index (Phi) is 3.65. The van der Waals surface area contributed by atoms with Crippen LogP contribution < -0.4 is 5.32 Å². The van der Waals surface area contributed by atoms with Gasteiger partial charge in [-0.1, -0.05) is 46.3 Å². The zero-order valence-electron chi connectivity index (χ0n) is 10.8. The molecule has 0 spiro atoms. The first-order valence-corrected chi connectivity index (χ1v) is 7.23. The Labute approximate surface area is 125 Å². The van der Waals surface area contributed by atoms with Crippen molar-refractivity contribution in [3.8, 4) is 0 Å². The van der Waals surface area contributed by atoms with E-state index in [1.807, 2.05) is 48.5 Å². The molecule has 0 fully saturated rings. The number of carbonyl (C=O) groups excluding carboxylic acids is 1. The number of rotatable bonds is 1. The van der Waals surface area contributed by atoms with Crippen molar-refractivity contribution in [3.05, 3.63) is 64.1 Å². The van der Waals surface area contributed by atoms with Crippen LogP contribution in [-0.2, 0) is 4.79 Å². The molecule has 4 heteroatoms. The molecule has 1 aliphatic heterocycles. The smallest absolute Gasteiger partial charge is 0.226 e. The minimum absolute atomic E-state index is 0.00411. The van der Waals surface area contributed by atoms with Crippen LogP contribution in [0.15, 0.2) is 58.0 Å². The van der Waals surface area contributed by atoms with E-state index in [1.165, 1.54) is 0 Å². The Morgan fingerprint density at radius 1 is 1.10 bits per heavy atom. The normalized spacial score (nSPS) is 14.7. The van der Waals surface area contributed by atoms with E-state index in [4.69, 9.17) is 0 Å². The van der Waals surface area contributed by atoms with Gasteiger partial charge >= 0.3 is 0 Å². The molecule has 0 aliphatic carbocycles. The second-order valence-electron chi connectivity index (χ2n) is 4.58. The first kappa shape index (κ1) is 13.1. The Hall–Kier alpha value is -1.94. The highest BCUT2D eigenvalue weighted by atomic mass is 79.9. The molecule has 3 nitrogen and oxygen atoms in total. The maximum atomic E-state index is 11.7. The molecule has 20 heavy (non-hydrogen) atoms. The molecule has 0 radical (unpaired) electrons. The highest BCUT2D eigenvalue weighted by Gasteiger charge is 2.16. The number of benzene rings is 2. The summed E-state index contributed by atoms with van der Waals surface area (Å²) in [5.41, 5.74) is 3.73. The number of amides is 1. The zero-order chi connectivity index (χ0) is 13.9. The number of aliphatic imine (C=N–C) groups is 1. The first-order valence-electron chi connectivity index (χ1n) is 6.44. The Morgan fingerprint density at radius 3 is 2.70 bits per heavy atom. The average Bonchev–Trinajstić information content (AvgIpc) is 2.45. The number of fused-ring (bicyclic) bond motifs is 1. The van der Waals surface area contributed by atoms with Crippen LogP contribution in [0.5, 0.6) is 0 Å². The van der Waals surface area contributed by atoms with Crippen molar-refractivity contribution in [2.45, 2.75) is 6.42 Å². The molecule has 2 aromatic rings. The minimum atomic E-state index is 0.00411. The Bertz CT molecular complexity index is 680. The largest absolute Gasteiger partial charge is 0.325 e. The van der Waals surface area contributed by atoms with Crippen LogP contribution in [0, 0.1) is 0 Å². The number of anilines is 1. The number of nitrogens with zero attached hydrogens (tertiary/aromatic N) is 1. The van der Waals surface area contributed by atoms with Gasteiger partial charge in [0.15, 0.2) is 0 Å². The molecule has 0 atom stereocenters. The van der Waals surface area contributed by atoms with Crippen LogP contribution in [-0.4, -0.2) is 18.2 Å². The fourth-order valence-electron chi connectivity index (χ4n) is 2.23. The van der Waals surface area contributed by atoms with Crippen molar-refractivity contribution < 1.29 is 4.79 Å². The summed E-state index contributed by atoms with van der Waals surface area (Å²) in [7, 11) is 0. The predicted molar refractivity (Wildman–Crippen MR) is 84.3 cm³/mol. The lowest BCUT2D eigenvalue weighted by Crippen LogP contribution is -2.19. The lowest BCUT2D eigenvalue weighted by Gasteiger charge is -2.17. The van der Waals surface area contributed by atoms with Gasteiger partial charge in [-0.25, -0.2) is 0 Å². The highest BCUT2D eigenvalue weighted by Crippen LogP contribution is 2.26. The van der Waals surface area contributed by atoms with Crippen LogP contribution in [0.4, 0.5) is 5.69 Å². The first-order chi connectivity index (χ1) is 9.74. The standard InChI is InChI=1S/C16H13BrN2O/c17-12-6-7-14-13(10-12)16(11-4-2-1-3-5-11)18-9-8-15(20)19-14/h1-7,10H,8-9H2,(H,19,20). The number of hydrogen-bond donors (Lipinski definition) is 1. The monoisotopic (exact) mass is 328 g/mol. The van der Waals surface area contributed by atoms with Crippen LogP contribution in [0.3, 0.4) is 0 Å². The van der Waals surface area contributed by atoms with Crippen LogP contribution >= 0.6 is 15.9 Å². The number of halogens is 1. The maximum Gasteiger partial charge on any atom is 0.226 e. The summed E-state index contributed by atoms with van der Waals surface area (Å²) in [5.74, 6) is 0.00411. The molecular formula is C16H13BrN2O. The van der Waals surface area contributed by atoms with Gasteiger partial charge in [-0.3, -0.25) is 9.79 Å². The summed E-state index contributed by atoms with van der Waals surface area (Å²) in [6.45, 7) is 0.502. The molecular weight excluding hydrogens is 316 g/mol. The summed E-state index contributed by atoms with van der Waals surface area (Å²) >= 11 is 3.48. The van der Waals surface area contributed by atoms with Crippen molar-refractivity contribution in [1.82, 2.24) is 0 Å². The van der Waals surface area contributed by atoms with E-state index in [0.717, 1.165) is 27.0 Å². The molecule has 1 aliphatic rings. The van der Waals surface area contributed by atoms with Gasteiger partial charge < -0.3 is 5.32 Å². The van der Waals surface area contributed by atoms with E-state index in [1.54, 1.807) is 0 Å². The quantitative estimate of drug-likeness (QED) is 0.853. The van der Waals surface area contributed by atoms with E-state index in [2.05, 4.69) is 26.2 Å². The molecule has 3 rings (SSSR count). The summed E-state index contributed by atoms with van der Waals surface area (Å²) in [6, 6.07) is 15.9. The summed E-state index contributed by atoms with van der Waals surface area (Å²) in [6.07, 6.45) is 0.409. The van der Waals surface area contributed by atoms with E-state index in [-0.39, 0.29) is 5.91 Å². The van der Waals surface area contributed by atoms with Crippen LogP contribution in [0.1, 0.15) is 17.5 Å². The predicted octanol–water partition coefficient (Wildman–Crippen LogP) is 3.63. The molecule has 100 valence electrons. The number of nitrogens with one attached hydrogen (secondary N) is 1. The van der Waals surface area contributed by atoms with E-state index in [0.29, 0.717) is 13.0 Å². The molecule has 0 aromatic heterocycles. The highest BCUT2D eigenvalue weighted by molar-refractivity contribution is 9.10. The second-order valence-corrected chi connectivity index (χ2v) is 5.50. The van der Waals surface area contributed by atoms with E-state index < -0.39 is 0 Å². The van der Waals surface area contributed by atoms with E-state index in [9.17, 15) is 4.79 Å². The minimum Gasteiger partial charge on any atom is -0.325 e. The number of hydrogen-bond acceptors (Lipinski definition) is 2. The molecule has 2 aromatic carbocycles. The van der Waals surface area contributed by atoms with Gasteiger partial charge in [-0.15, -0.1) is 0 Å². The summed E-state index contributed by atoms with van der Waals surface area (Å²) in [5, 5.41) is 2.95. The van der Waals surface area contributed by atoms with Crippen molar-refractivity contribution in [2.24, 2.45) is 4.99 Å².